The molecule has 1 aromatic carbocycles. The number of benzene rings is 1. The first-order valence-corrected chi connectivity index (χ1v) is 6.92. The predicted octanol–water partition coefficient (Wildman–Crippen LogP) is 1.29. The fraction of sp³-hybridized carbons (Fsp3) is 0.533. The predicted molar refractivity (Wildman–Crippen MR) is 82.1 cm³/mol. The number of primary amides is 1. The van der Waals surface area contributed by atoms with Crippen molar-refractivity contribution in [2.45, 2.75) is 38.3 Å². The molecule has 6 heteroatoms. The summed E-state index contributed by atoms with van der Waals surface area (Å²) in [4.78, 5) is 10.0. The van der Waals surface area contributed by atoms with E-state index in [1.165, 1.54) is 5.56 Å². The van der Waals surface area contributed by atoms with Crippen LogP contribution in [0.1, 0.15) is 32.3 Å². The lowest BCUT2D eigenvalue weighted by Crippen LogP contribution is -2.27. The summed E-state index contributed by atoms with van der Waals surface area (Å²) in [5.74, 6) is 0.698. The Bertz CT molecular complexity index is 454. The van der Waals surface area contributed by atoms with E-state index in [0.29, 0.717) is 11.7 Å². The van der Waals surface area contributed by atoms with Crippen LogP contribution in [0, 0.1) is 0 Å². The lowest BCUT2D eigenvalue weighted by Gasteiger charge is -2.16. The first-order valence-electron chi connectivity index (χ1n) is 6.92. The van der Waals surface area contributed by atoms with Crippen molar-refractivity contribution in [2.24, 2.45) is 11.5 Å². The van der Waals surface area contributed by atoms with Crippen molar-refractivity contribution < 1.29 is 14.6 Å². The van der Waals surface area contributed by atoms with Crippen LogP contribution in [0.5, 0.6) is 5.75 Å². The van der Waals surface area contributed by atoms with E-state index in [2.05, 4.69) is 10.1 Å². The van der Waals surface area contributed by atoms with Crippen molar-refractivity contribution in [3.05, 3.63) is 29.8 Å². The summed E-state index contributed by atoms with van der Waals surface area (Å²) in [6, 6.07) is 7.49. The summed E-state index contributed by atoms with van der Waals surface area (Å²) in [7, 11) is 0. The maximum absolute atomic E-state index is 10.0. The number of aromatic hydroxyl groups is 1. The normalized spacial score (nSPS) is 21.3. The number of carbonyl (C=O) groups is 1. The van der Waals surface area contributed by atoms with Crippen LogP contribution >= 0.6 is 0 Å². The van der Waals surface area contributed by atoms with Gasteiger partial charge in [0.05, 0.1) is 0 Å². The summed E-state index contributed by atoms with van der Waals surface area (Å²) in [6.07, 6.45) is -0.725. The van der Waals surface area contributed by atoms with E-state index in [1.54, 1.807) is 32.9 Å². The van der Waals surface area contributed by atoms with Gasteiger partial charge in [-0.25, -0.2) is 4.79 Å². The molecule has 1 amide bonds. The van der Waals surface area contributed by atoms with E-state index in [9.17, 15) is 4.79 Å². The number of amides is 1. The van der Waals surface area contributed by atoms with E-state index in [0.717, 1.165) is 13.1 Å². The smallest absolute Gasteiger partial charge is 0.405 e. The number of nitrogens with one attached hydrogen (secondary N) is 1. The highest BCUT2D eigenvalue weighted by molar-refractivity contribution is 5.65. The molecule has 0 aromatic heterocycles. The number of phenols is 1. The molecule has 0 bridgehead atoms. The van der Waals surface area contributed by atoms with Gasteiger partial charge < -0.3 is 26.6 Å². The van der Waals surface area contributed by atoms with Gasteiger partial charge in [0.1, 0.15) is 11.4 Å². The van der Waals surface area contributed by atoms with Crippen LogP contribution in [0.3, 0.4) is 0 Å². The first kappa shape index (κ1) is 17.3. The monoisotopic (exact) mass is 295 g/mol. The second-order valence-electron chi connectivity index (χ2n) is 6.05. The van der Waals surface area contributed by atoms with Gasteiger partial charge in [0, 0.05) is 25.0 Å². The average Bonchev–Trinajstić information content (AvgIpc) is 2.74. The Morgan fingerprint density at radius 2 is 1.86 bits per heavy atom. The van der Waals surface area contributed by atoms with Crippen molar-refractivity contribution >= 4 is 6.09 Å². The molecule has 1 aliphatic heterocycles. The molecular formula is C15H25N3O3. The second kappa shape index (κ2) is 7.28. The Labute approximate surface area is 125 Å². The zero-order valence-corrected chi connectivity index (χ0v) is 12.8. The highest BCUT2D eigenvalue weighted by Crippen LogP contribution is 2.23. The number of phenolic OH excluding ortho intramolecular Hbond substituents is 1. The second-order valence-corrected chi connectivity index (χ2v) is 6.05. The van der Waals surface area contributed by atoms with Crippen LogP contribution in [-0.4, -0.2) is 35.9 Å². The fourth-order valence-electron chi connectivity index (χ4n) is 2.09. The Morgan fingerprint density at radius 3 is 2.19 bits per heavy atom. The summed E-state index contributed by atoms with van der Waals surface area (Å²) >= 11 is 0. The summed E-state index contributed by atoms with van der Waals surface area (Å²) in [5, 5.41) is 12.4. The maximum Gasteiger partial charge on any atom is 0.405 e. The molecule has 1 aliphatic rings. The largest absolute Gasteiger partial charge is 0.508 e. The van der Waals surface area contributed by atoms with Crippen LogP contribution < -0.4 is 16.8 Å². The Kier molecular flexibility index (Phi) is 5.99. The molecule has 6 N–H and O–H groups in total. The highest BCUT2D eigenvalue weighted by Gasteiger charge is 2.24. The molecule has 21 heavy (non-hydrogen) atoms. The van der Waals surface area contributed by atoms with Crippen molar-refractivity contribution in [3.8, 4) is 5.75 Å². The molecule has 2 rings (SSSR count). The summed E-state index contributed by atoms with van der Waals surface area (Å²) in [6.45, 7) is 7.10. The van der Waals surface area contributed by atoms with E-state index in [1.807, 2.05) is 12.1 Å². The molecule has 2 atom stereocenters. The number of hydrogen-bond donors (Lipinski definition) is 4. The van der Waals surface area contributed by atoms with Gasteiger partial charge in [-0.2, -0.15) is 0 Å². The minimum Gasteiger partial charge on any atom is -0.508 e. The lowest BCUT2D eigenvalue weighted by molar-refractivity contribution is 0.0600. The van der Waals surface area contributed by atoms with Crippen LogP contribution in [0.2, 0.25) is 0 Å². The van der Waals surface area contributed by atoms with E-state index in [4.69, 9.17) is 16.6 Å². The average molecular weight is 295 g/mol. The molecule has 0 aliphatic carbocycles. The van der Waals surface area contributed by atoms with E-state index in [-0.39, 0.29) is 6.04 Å². The minimum atomic E-state index is -0.725. The van der Waals surface area contributed by atoms with Crippen molar-refractivity contribution in [2.75, 3.05) is 13.1 Å². The lowest BCUT2D eigenvalue weighted by atomic mass is 9.95. The van der Waals surface area contributed by atoms with E-state index >= 15 is 0 Å². The third-order valence-electron chi connectivity index (χ3n) is 2.99. The number of ether oxygens (including phenoxy) is 1. The molecule has 1 fully saturated rings. The third kappa shape index (κ3) is 6.46. The molecule has 118 valence electrons. The van der Waals surface area contributed by atoms with Crippen molar-refractivity contribution in [1.29, 1.82) is 0 Å². The summed E-state index contributed by atoms with van der Waals surface area (Å²) in [5.41, 5.74) is 11.4. The highest BCUT2D eigenvalue weighted by atomic mass is 16.6. The molecule has 1 saturated heterocycles. The molecule has 0 radical (unpaired) electrons. The zero-order valence-electron chi connectivity index (χ0n) is 12.8. The van der Waals surface area contributed by atoms with Gasteiger partial charge in [-0.3, -0.25) is 0 Å². The Hall–Kier alpha value is -1.79. The molecule has 2 unspecified atom stereocenters. The number of nitrogens with two attached hydrogens (primary N) is 2. The number of rotatable bonds is 1. The van der Waals surface area contributed by atoms with Crippen LogP contribution in [0.25, 0.3) is 0 Å². The molecule has 1 aromatic rings. The molecule has 1 heterocycles. The van der Waals surface area contributed by atoms with Gasteiger partial charge in [-0.15, -0.1) is 0 Å². The summed E-state index contributed by atoms with van der Waals surface area (Å²) < 4.78 is 4.58. The Balaban J connectivity index is 0.000000240. The quantitative estimate of drug-likeness (QED) is 0.624. The molecule has 0 saturated carbocycles. The van der Waals surface area contributed by atoms with Crippen molar-refractivity contribution in [3.63, 3.8) is 0 Å². The molecular weight excluding hydrogens is 270 g/mol. The van der Waals surface area contributed by atoms with E-state index < -0.39 is 11.7 Å². The molecule has 6 nitrogen and oxygen atoms in total. The van der Waals surface area contributed by atoms with Crippen LogP contribution in [-0.2, 0) is 4.74 Å². The first-order chi connectivity index (χ1) is 9.69. The Morgan fingerprint density at radius 1 is 1.29 bits per heavy atom. The van der Waals surface area contributed by atoms with Crippen molar-refractivity contribution in [1.82, 2.24) is 5.32 Å². The maximum atomic E-state index is 10.0. The van der Waals surface area contributed by atoms with Gasteiger partial charge >= 0.3 is 6.09 Å². The molecule has 0 spiro atoms. The van der Waals surface area contributed by atoms with Gasteiger partial charge in [0.15, 0.2) is 0 Å². The van der Waals surface area contributed by atoms with Crippen LogP contribution in [0.15, 0.2) is 24.3 Å². The third-order valence-corrected chi connectivity index (χ3v) is 2.99. The minimum absolute atomic E-state index is 0.199. The van der Waals surface area contributed by atoms with Gasteiger partial charge in [0.2, 0.25) is 0 Å². The van der Waals surface area contributed by atoms with Gasteiger partial charge in [-0.1, -0.05) is 12.1 Å². The standard InChI is InChI=1S/C10H14N2O.C5H11NO2/c11-10-6-12-5-9(10)7-1-3-8(13)4-2-7;1-5(2,3)8-4(6)7/h1-4,9-10,12-13H,5-6,11H2;1-3H3,(H2,6,7). The number of carbonyl (C=O) groups excluding carboxylic acids is 1. The van der Waals surface area contributed by atoms with Gasteiger partial charge in [-0.05, 0) is 38.5 Å². The fourth-order valence-corrected chi connectivity index (χ4v) is 2.09. The number of hydrogen-bond acceptors (Lipinski definition) is 5. The SMILES string of the molecule is CC(C)(C)OC(N)=O.NC1CNCC1c1ccc(O)cc1. The van der Waals surface area contributed by atoms with Crippen LogP contribution in [0.4, 0.5) is 4.79 Å². The van der Waals surface area contributed by atoms with Gasteiger partial charge in [0.25, 0.3) is 0 Å². The topological polar surface area (TPSA) is 111 Å². The zero-order chi connectivity index (χ0) is 16.0.